The maximum Gasteiger partial charge on any atom is 0.135 e. The summed E-state index contributed by atoms with van der Waals surface area (Å²) in [7, 11) is 1.88. The fraction of sp³-hybridized carbons (Fsp3) is 0.733. The number of ether oxygens (including phenoxy) is 1. The van der Waals surface area contributed by atoms with E-state index in [4.69, 9.17) is 4.74 Å². The molecule has 0 spiro atoms. The predicted octanol–water partition coefficient (Wildman–Crippen LogP) is 3.03. The third-order valence-corrected chi connectivity index (χ3v) is 2.91. The van der Waals surface area contributed by atoms with Gasteiger partial charge >= 0.3 is 0 Å². The van der Waals surface area contributed by atoms with Gasteiger partial charge in [-0.1, -0.05) is 27.7 Å². The molecule has 1 heterocycles. The highest BCUT2D eigenvalue weighted by molar-refractivity contribution is 5.57. The summed E-state index contributed by atoms with van der Waals surface area (Å²) in [5, 5.41) is 6.47. The zero-order chi connectivity index (χ0) is 15.1. The molecular formula is C15H28N4O. The second-order valence-corrected chi connectivity index (χ2v) is 5.70. The Bertz CT molecular complexity index is 419. The lowest BCUT2D eigenvalue weighted by Crippen LogP contribution is -2.15. The van der Waals surface area contributed by atoms with Crippen LogP contribution in [0.2, 0.25) is 0 Å². The maximum absolute atomic E-state index is 5.57. The zero-order valence-electron chi connectivity index (χ0n) is 13.6. The average molecular weight is 280 g/mol. The van der Waals surface area contributed by atoms with Crippen molar-refractivity contribution in [3.05, 3.63) is 11.4 Å². The molecule has 0 saturated carbocycles. The zero-order valence-corrected chi connectivity index (χ0v) is 13.6. The first-order valence-electron chi connectivity index (χ1n) is 7.33. The smallest absolute Gasteiger partial charge is 0.135 e. The van der Waals surface area contributed by atoms with Crippen molar-refractivity contribution in [2.45, 2.75) is 40.5 Å². The highest BCUT2D eigenvalue weighted by Crippen LogP contribution is 2.22. The van der Waals surface area contributed by atoms with Gasteiger partial charge in [-0.25, -0.2) is 9.97 Å². The Kier molecular flexibility index (Phi) is 6.71. The summed E-state index contributed by atoms with van der Waals surface area (Å²) in [6, 6.07) is 0. The van der Waals surface area contributed by atoms with Crippen LogP contribution in [0, 0.1) is 12.8 Å². The Morgan fingerprint density at radius 3 is 2.30 bits per heavy atom. The molecule has 0 bridgehead atoms. The van der Waals surface area contributed by atoms with Crippen molar-refractivity contribution >= 4 is 11.6 Å². The van der Waals surface area contributed by atoms with E-state index in [9.17, 15) is 0 Å². The molecule has 0 saturated heterocycles. The van der Waals surface area contributed by atoms with E-state index in [1.807, 2.05) is 14.0 Å². The van der Waals surface area contributed by atoms with E-state index >= 15 is 0 Å². The summed E-state index contributed by atoms with van der Waals surface area (Å²) in [5.74, 6) is 3.50. The van der Waals surface area contributed by atoms with E-state index < -0.39 is 0 Å². The molecule has 0 aliphatic carbocycles. The highest BCUT2D eigenvalue weighted by Gasteiger charge is 2.11. The highest BCUT2D eigenvalue weighted by atomic mass is 16.5. The van der Waals surface area contributed by atoms with Gasteiger partial charge in [0.25, 0.3) is 0 Å². The third-order valence-electron chi connectivity index (χ3n) is 2.91. The lowest BCUT2D eigenvalue weighted by Gasteiger charge is -2.15. The molecule has 0 amide bonds. The third kappa shape index (κ3) is 4.96. The summed E-state index contributed by atoms with van der Waals surface area (Å²) >= 11 is 0. The van der Waals surface area contributed by atoms with Gasteiger partial charge in [0.1, 0.15) is 17.5 Å². The number of nitrogens with zero attached hydrogens (tertiary/aromatic N) is 2. The van der Waals surface area contributed by atoms with Crippen LogP contribution in [0.1, 0.15) is 45.0 Å². The SMILES string of the molecule is CNc1nc(C(C)C)nc(NCCOCC(C)C)c1C. The minimum atomic E-state index is 0.306. The van der Waals surface area contributed by atoms with E-state index in [1.54, 1.807) is 0 Å². The Morgan fingerprint density at radius 1 is 1.10 bits per heavy atom. The molecule has 1 aromatic rings. The maximum atomic E-state index is 5.57. The number of nitrogens with one attached hydrogen (secondary N) is 2. The number of rotatable bonds is 8. The first-order valence-corrected chi connectivity index (χ1v) is 7.33. The molecule has 0 radical (unpaired) electrons. The molecule has 1 rings (SSSR count). The topological polar surface area (TPSA) is 59.1 Å². The van der Waals surface area contributed by atoms with Crippen molar-refractivity contribution < 1.29 is 4.74 Å². The van der Waals surface area contributed by atoms with E-state index in [2.05, 4.69) is 48.3 Å². The fourth-order valence-electron chi connectivity index (χ4n) is 1.77. The van der Waals surface area contributed by atoms with Crippen LogP contribution in [0.4, 0.5) is 11.6 Å². The van der Waals surface area contributed by atoms with Crippen LogP contribution in [0.25, 0.3) is 0 Å². The van der Waals surface area contributed by atoms with Crippen LogP contribution in [0.15, 0.2) is 0 Å². The molecule has 20 heavy (non-hydrogen) atoms. The molecule has 0 unspecified atom stereocenters. The van der Waals surface area contributed by atoms with Gasteiger partial charge < -0.3 is 15.4 Å². The first kappa shape index (κ1) is 16.7. The number of hydrogen-bond acceptors (Lipinski definition) is 5. The quantitative estimate of drug-likeness (QED) is 0.717. The van der Waals surface area contributed by atoms with Gasteiger partial charge in [0.15, 0.2) is 0 Å². The van der Waals surface area contributed by atoms with Crippen LogP contribution in [0.3, 0.4) is 0 Å². The molecule has 114 valence electrons. The van der Waals surface area contributed by atoms with E-state index in [-0.39, 0.29) is 0 Å². The predicted molar refractivity (Wildman–Crippen MR) is 84.6 cm³/mol. The standard InChI is InChI=1S/C15H28N4O/c1-10(2)9-20-8-7-17-15-12(5)14(16-6)18-13(19-15)11(3)4/h10-11H,7-9H2,1-6H3,(H2,16,17,18,19). The van der Waals surface area contributed by atoms with Crippen molar-refractivity contribution in [2.24, 2.45) is 5.92 Å². The number of aromatic nitrogens is 2. The second kappa shape index (κ2) is 8.04. The van der Waals surface area contributed by atoms with E-state index in [0.717, 1.165) is 36.2 Å². The number of anilines is 2. The molecule has 5 heteroatoms. The summed E-state index contributed by atoms with van der Waals surface area (Å²) in [5.41, 5.74) is 1.04. The number of hydrogen-bond donors (Lipinski definition) is 2. The van der Waals surface area contributed by atoms with Crippen LogP contribution in [0.5, 0.6) is 0 Å². The molecule has 2 N–H and O–H groups in total. The molecule has 0 aromatic carbocycles. The summed E-state index contributed by atoms with van der Waals surface area (Å²) in [6.45, 7) is 12.8. The monoisotopic (exact) mass is 280 g/mol. The van der Waals surface area contributed by atoms with Crippen molar-refractivity contribution in [3.8, 4) is 0 Å². The summed E-state index contributed by atoms with van der Waals surface area (Å²) < 4.78 is 5.57. The lowest BCUT2D eigenvalue weighted by atomic mass is 10.2. The van der Waals surface area contributed by atoms with E-state index in [0.29, 0.717) is 18.4 Å². The largest absolute Gasteiger partial charge is 0.379 e. The van der Waals surface area contributed by atoms with Gasteiger partial charge in [0, 0.05) is 31.7 Å². The van der Waals surface area contributed by atoms with E-state index in [1.165, 1.54) is 0 Å². The van der Waals surface area contributed by atoms with Crippen LogP contribution < -0.4 is 10.6 Å². The molecule has 0 aliphatic heterocycles. The summed E-state index contributed by atoms with van der Waals surface area (Å²) in [6.07, 6.45) is 0. The molecule has 1 aromatic heterocycles. The van der Waals surface area contributed by atoms with Crippen molar-refractivity contribution in [2.75, 3.05) is 37.4 Å². The van der Waals surface area contributed by atoms with Crippen LogP contribution in [-0.2, 0) is 4.74 Å². The molecular weight excluding hydrogens is 252 g/mol. The molecule has 0 atom stereocenters. The Balaban J connectivity index is 2.66. The van der Waals surface area contributed by atoms with Crippen LogP contribution >= 0.6 is 0 Å². The van der Waals surface area contributed by atoms with Gasteiger partial charge in [0.05, 0.1) is 6.61 Å². The van der Waals surface area contributed by atoms with Gasteiger partial charge in [-0.05, 0) is 12.8 Å². The average Bonchev–Trinajstić information content (AvgIpc) is 2.39. The van der Waals surface area contributed by atoms with Crippen molar-refractivity contribution in [1.82, 2.24) is 9.97 Å². The minimum absolute atomic E-state index is 0.306. The van der Waals surface area contributed by atoms with Crippen LogP contribution in [-0.4, -0.2) is 36.8 Å². The Hall–Kier alpha value is -1.36. The van der Waals surface area contributed by atoms with Gasteiger partial charge in [-0.3, -0.25) is 0 Å². The Labute approximate surface area is 122 Å². The lowest BCUT2D eigenvalue weighted by molar-refractivity contribution is 0.118. The van der Waals surface area contributed by atoms with Gasteiger partial charge in [-0.15, -0.1) is 0 Å². The normalized spacial score (nSPS) is 11.2. The van der Waals surface area contributed by atoms with Gasteiger partial charge in [-0.2, -0.15) is 0 Å². The molecule has 5 nitrogen and oxygen atoms in total. The van der Waals surface area contributed by atoms with Crippen molar-refractivity contribution in [1.29, 1.82) is 0 Å². The molecule has 0 aliphatic rings. The summed E-state index contributed by atoms with van der Waals surface area (Å²) in [4.78, 5) is 9.12. The first-order chi connectivity index (χ1) is 9.45. The van der Waals surface area contributed by atoms with Gasteiger partial charge in [0.2, 0.25) is 0 Å². The Morgan fingerprint density at radius 2 is 1.75 bits per heavy atom. The molecule has 0 fully saturated rings. The second-order valence-electron chi connectivity index (χ2n) is 5.70. The minimum Gasteiger partial charge on any atom is -0.379 e. The van der Waals surface area contributed by atoms with Crippen molar-refractivity contribution in [3.63, 3.8) is 0 Å². The fourth-order valence-corrected chi connectivity index (χ4v) is 1.77.